The molecule has 54 heavy (non-hydrogen) atoms. The summed E-state index contributed by atoms with van der Waals surface area (Å²) in [5.41, 5.74) is 0.633. The number of hydrogen-bond donors (Lipinski definition) is 1. The summed E-state index contributed by atoms with van der Waals surface area (Å²) in [6.07, 6.45) is -1.76. The summed E-state index contributed by atoms with van der Waals surface area (Å²) in [5.74, 6) is -6.06. The minimum atomic E-state index is -5.47. The number of nitrogens with one attached hydrogen (secondary N) is 1. The SMILES string of the molecule is CCCNCC(=O)Oc1c(C)cc(C[n+]2cnn(CC(OC(=O)C(F)(F)F)(c3ccc(F)cc3F)C(C)c3nc(-c4ccc(C#N)cc4)cs3)c2)cc1C. The second-order valence-electron chi connectivity index (χ2n) is 12.7. The van der Waals surface area contributed by atoms with Gasteiger partial charge in [0.15, 0.2) is 5.60 Å². The molecule has 5 aromatic rings. The monoisotopic (exact) mass is 767 g/mol. The van der Waals surface area contributed by atoms with E-state index in [1.807, 2.05) is 25.1 Å². The molecular weight excluding hydrogens is 732 g/mol. The number of benzene rings is 3. The summed E-state index contributed by atoms with van der Waals surface area (Å²) >= 11 is 1.04. The van der Waals surface area contributed by atoms with Gasteiger partial charge in [0.2, 0.25) is 6.33 Å². The van der Waals surface area contributed by atoms with Gasteiger partial charge in [0.1, 0.15) is 28.9 Å². The molecule has 2 aromatic heterocycles. The zero-order chi connectivity index (χ0) is 39.2. The summed E-state index contributed by atoms with van der Waals surface area (Å²) in [5, 5.41) is 18.3. The fourth-order valence-electron chi connectivity index (χ4n) is 6.01. The number of halogens is 5. The molecule has 10 nitrogen and oxygen atoms in total. The van der Waals surface area contributed by atoms with Crippen molar-refractivity contribution in [3.05, 3.63) is 117 Å². The van der Waals surface area contributed by atoms with Crippen molar-refractivity contribution in [3.63, 3.8) is 0 Å². The van der Waals surface area contributed by atoms with Gasteiger partial charge in [-0.05, 0) is 79.9 Å². The lowest BCUT2D eigenvalue weighted by Gasteiger charge is -2.36. The van der Waals surface area contributed by atoms with E-state index in [-0.39, 0.29) is 18.1 Å². The highest BCUT2D eigenvalue weighted by Crippen LogP contribution is 2.45. The Balaban J connectivity index is 1.51. The maximum absolute atomic E-state index is 15.7. The topological polar surface area (TPSA) is 123 Å². The molecule has 3 aromatic carbocycles. The Morgan fingerprint density at radius 2 is 1.78 bits per heavy atom. The molecule has 2 atom stereocenters. The van der Waals surface area contributed by atoms with Crippen LogP contribution in [0.5, 0.6) is 5.75 Å². The van der Waals surface area contributed by atoms with Crippen LogP contribution in [0.4, 0.5) is 22.0 Å². The van der Waals surface area contributed by atoms with E-state index in [9.17, 15) is 27.2 Å². The summed E-state index contributed by atoms with van der Waals surface area (Å²) in [6, 6.07) is 14.4. The maximum Gasteiger partial charge on any atom is 0.490 e. The highest BCUT2D eigenvalue weighted by Gasteiger charge is 2.53. The molecule has 5 rings (SSSR count). The van der Waals surface area contributed by atoms with Crippen molar-refractivity contribution in [1.82, 2.24) is 20.1 Å². The van der Waals surface area contributed by atoms with E-state index < -0.39 is 53.4 Å². The summed E-state index contributed by atoms with van der Waals surface area (Å²) in [7, 11) is 0. The van der Waals surface area contributed by atoms with Crippen LogP contribution in [0, 0.1) is 36.8 Å². The van der Waals surface area contributed by atoms with Gasteiger partial charge < -0.3 is 14.8 Å². The van der Waals surface area contributed by atoms with Crippen LogP contribution in [0.3, 0.4) is 0 Å². The standard InChI is InChI=1S/C38H36F5N6O4S/c1-5-12-45-17-33(50)52-34-23(2)13-27(14-24(34)3)18-48-21-46-49(22-48)20-37(53-36(51)38(41,42)43,30-11-10-29(39)15-31(30)40)25(4)35-47-32(19-54-35)28-8-6-26(16-44)7-9-28/h6-11,13-15,19,21-22,25,45H,5,12,17-18,20H2,1-4H3/q+1. The molecule has 0 bridgehead atoms. The smallest absolute Gasteiger partial charge is 0.443 e. The molecule has 2 heterocycles. The fraction of sp³-hybridized carbons (Fsp3) is 0.316. The molecule has 16 heteroatoms. The second-order valence-corrected chi connectivity index (χ2v) is 13.6. The van der Waals surface area contributed by atoms with E-state index in [0.29, 0.717) is 46.3 Å². The third kappa shape index (κ3) is 9.15. The minimum absolute atomic E-state index is 0.0601. The Labute approximate surface area is 311 Å². The lowest BCUT2D eigenvalue weighted by molar-refractivity contribution is -0.689. The number of alkyl halides is 3. The summed E-state index contributed by atoms with van der Waals surface area (Å²) < 4.78 is 85.4. The van der Waals surface area contributed by atoms with Gasteiger partial charge in [-0.25, -0.2) is 23.1 Å². The Kier molecular flexibility index (Phi) is 12.2. The predicted octanol–water partition coefficient (Wildman–Crippen LogP) is 6.82. The zero-order valence-electron chi connectivity index (χ0n) is 29.7. The third-order valence-electron chi connectivity index (χ3n) is 8.62. The number of nitrogens with zero attached hydrogens (tertiary/aromatic N) is 5. The summed E-state index contributed by atoms with van der Waals surface area (Å²) in [6.45, 7) is 7.33. The number of hydrogen-bond acceptors (Lipinski definition) is 9. The van der Waals surface area contributed by atoms with Crippen molar-refractivity contribution in [3.8, 4) is 23.1 Å². The molecule has 2 unspecified atom stereocenters. The van der Waals surface area contributed by atoms with Crippen molar-refractivity contribution in [2.24, 2.45) is 0 Å². The van der Waals surface area contributed by atoms with Crippen molar-refractivity contribution in [1.29, 1.82) is 5.26 Å². The van der Waals surface area contributed by atoms with Crippen LogP contribution < -0.4 is 14.6 Å². The number of thiazole rings is 1. The van der Waals surface area contributed by atoms with E-state index in [4.69, 9.17) is 14.7 Å². The van der Waals surface area contributed by atoms with Crippen LogP contribution in [0.25, 0.3) is 11.3 Å². The molecule has 0 aliphatic carbocycles. The number of aryl methyl sites for hydroxylation is 2. The van der Waals surface area contributed by atoms with Crippen molar-refractivity contribution < 1.29 is 45.6 Å². The van der Waals surface area contributed by atoms with Gasteiger partial charge in [-0.1, -0.05) is 26.0 Å². The van der Waals surface area contributed by atoms with Crippen LogP contribution in [0.1, 0.15) is 59.0 Å². The first-order chi connectivity index (χ1) is 25.6. The molecule has 0 amide bonds. The van der Waals surface area contributed by atoms with Crippen molar-refractivity contribution in [2.45, 2.75) is 64.9 Å². The van der Waals surface area contributed by atoms with Crippen LogP contribution in [0.15, 0.2) is 72.6 Å². The van der Waals surface area contributed by atoms with Crippen LogP contribution in [-0.4, -0.2) is 46.0 Å². The molecular formula is C38H36F5N6O4S+. The first kappa shape index (κ1) is 39.7. The molecule has 0 saturated heterocycles. The van der Waals surface area contributed by atoms with Gasteiger partial charge >= 0.3 is 18.1 Å². The lowest BCUT2D eigenvalue weighted by Crippen LogP contribution is -2.45. The van der Waals surface area contributed by atoms with Gasteiger partial charge in [0, 0.05) is 27.7 Å². The molecule has 0 aliphatic rings. The number of nitriles is 1. The quantitative estimate of drug-likeness (QED) is 0.0430. The highest BCUT2D eigenvalue weighted by molar-refractivity contribution is 7.10. The number of carbonyl (C=O) groups excluding carboxylic acids is 2. The van der Waals surface area contributed by atoms with Crippen LogP contribution in [0.2, 0.25) is 0 Å². The van der Waals surface area contributed by atoms with Crippen molar-refractivity contribution >= 4 is 23.3 Å². The number of ether oxygens (including phenoxy) is 2. The Hall–Kier alpha value is -5.53. The van der Waals surface area contributed by atoms with Gasteiger partial charge in [-0.2, -0.15) is 18.4 Å². The number of carbonyl (C=O) groups is 2. The molecule has 0 radical (unpaired) electrons. The van der Waals surface area contributed by atoms with Crippen molar-refractivity contribution in [2.75, 3.05) is 13.1 Å². The van der Waals surface area contributed by atoms with Crippen LogP contribution in [-0.2, 0) is 33.0 Å². The average molecular weight is 768 g/mol. The van der Waals surface area contributed by atoms with E-state index in [1.165, 1.54) is 24.3 Å². The summed E-state index contributed by atoms with van der Waals surface area (Å²) in [4.78, 5) is 29.6. The highest BCUT2D eigenvalue weighted by atomic mass is 32.1. The normalized spacial score (nSPS) is 13.2. The molecule has 0 saturated carbocycles. The fourth-order valence-corrected chi connectivity index (χ4v) is 6.98. The molecule has 1 N–H and O–H groups in total. The number of esters is 2. The minimum Gasteiger partial charge on any atom is -0.443 e. The van der Waals surface area contributed by atoms with Gasteiger partial charge in [0.05, 0.1) is 36.3 Å². The van der Waals surface area contributed by atoms with Gasteiger partial charge in [-0.3, -0.25) is 4.79 Å². The van der Waals surface area contributed by atoms with Gasteiger partial charge in [0.25, 0.3) is 6.33 Å². The first-order valence-corrected chi connectivity index (χ1v) is 17.7. The molecule has 282 valence electrons. The van der Waals surface area contributed by atoms with Crippen LogP contribution >= 0.6 is 11.3 Å². The number of aromatic nitrogens is 4. The second kappa shape index (κ2) is 16.6. The Morgan fingerprint density at radius 3 is 2.41 bits per heavy atom. The maximum atomic E-state index is 15.7. The molecule has 0 fully saturated rings. The zero-order valence-corrected chi connectivity index (χ0v) is 30.5. The van der Waals surface area contributed by atoms with Gasteiger partial charge in [-0.15, -0.1) is 16.0 Å². The number of rotatable bonds is 14. The molecule has 0 spiro atoms. The predicted molar refractivity (Wildman–Crippen MR) is 187 cm³/mol. The largest absolute Gasteiger partial charge is 0.490 e. The third-order valence-corrected chi connectivity index (χ3v) is 9.65. The average Bonchev–Trinajstić information content (AvgIpc) is 3.79. The van der Waals surface area contributed by atoms with E-state index >= 15 is 4.39 Å². The Morgan fingerprint density at radius 1 is 1.07 bits per heavy atom. The van der Waals surface area contributed by atoms with E-state index in [0.717, 1.165) is 35.5 Å². The molecule has 0 aliphatic heterocycles. The Bertz CT molecular complexity index is 2160. The first-order valence-electron chi connectivity index (χ1n) is 16.8. The van der Waals surface area contributed by atoms with E-state index in [2.05, 4.69) is 15.4 Å². The van der Waals surface area contributed by atoms with E-state index in [1.54, 1.807) is 48.1 Å². The lowest BCUT2D eigenvalue weighted by atomic mass is 9.81.